The van der Waals surface area contributed by atoms with Gasteiger partial charge in [0.15, 0.2) is 5.82 Å². The highest BCUT2D eigenvalue weighted by atomic mass is 79.9. The molecule has 0 fully saturated rings. The van der Waals surface area contributed by atoms with Crippen LogP contribution in [0.2, 0.25) is 0 Å². The summed E-state index contributed by atoms with van der Waals surface area (Å²) < 4.78 is 1.02. The summed E-state index contributed by atoms with van der Waals surface area (Å²) in [4.78, 5) is 12.5. The minimum absolute atomic E-state index is 0.777. The maximum atomic E-state index is 4.69. The molecule has 0 radical (unpaired) electrons. The van der Waals surface area contributed by atoms with E-state index in [0.717, 1.165) is 39.0 Å². The molecular weight excluding hydrogens is 302 g/mol. The third-order valence-electron chi connectivity index (χ3n) is 3.20. The molecule has 3 rings (SSSR count). The molecule has 0 amide bonds. The molecule has 0 saturated heterocycles. The largest absolute Gasteiger partial charge is 0.345 e. The van der Waals surface area contributed by atoms with Crippen molar-refractivity contribution in [2.75, 3.05) is 0 Å². The maximum absolute atomic E-state index is 4.69. The molecule has 0 aliphatic rings. The van der Waals surface area contributed by atoms with Crippen LogP contribution in [0, 0.1) is 6.92 Å². The van der Waals surface area contributed by atoms with Gasteiger partial charge in [0.25, 0.3) is 0 Å². The quantitative estimate of drug-likeness (QED) is 0.767. The number of fused-ring (bicyclic) bond motifs is 1. The lowest BCUT2D eigenvalue weighted by Gasteiger charge is -2.05. The molecule has 19 heavy (non-hydrogen) atoms. The molecular formula is C15H14BrN3. The molecule has 2 heterocycles. The summed E-state index contributed by atoms with van der Waals surface area (Å²) in [5.41, 5.74) is 4.24. The van der Waals surface area contributed by atoms with Crippen molar-refractivity contribution in [1.82, 2.24) is 15.0 Å². The van der Waals surface area contributed by atoms with Gasteiger partial charge < -0.3 is 4.98 Å². The van der Waals surface area contributed by atoms with E-state index in [-0.39, 0.29) is 0 Å². The first kappa shape index (κ1) is 12.4. The topological polar surface area (TPSA) is 41.6 Å². The summed E-state index contributed by atoms with van der Waals surface area (Å²) in [6.07, 6.45) is 2.80. The van der Waals surface area contributed by atoms with E-state index in [0.29, 0.717) is 0 Å². The maximum Gasteiger partial charge on any atom is 0.161 e. The Labute approximate surface area is 120 Å². The van der Waals surface area contributed by atoms with Gasteiger partial charge in [0.2, 0.25) is 0 Å². The zero-order valence-electron chi connectivity index (χ0n) is 10.9. The fourth-order valence-electron chi connectivity index (χ4n) is 2.15. The Kier molecular flexibility index (Phi) is 3.11. The molecule has 2 aromatic heterocycles. The predicted molar refractivity (Wildman–Crippen MR) is 81.1 cm³/mol. The Morgan fingerprint density at radius 2 is 1.89 bits per heavy atom. The molecule has 0 spiro atoms. The molecule has 3 nitrogen and oxygen atoms in total. The number of benzene rings is 1. The van der Waals surface area contributed by atoms with Crippen LogP contribution in [-0.2, 0) is 6.42 Å². The summed E-state index contributed by atoms with van der Waals surface area (Å²) in [5.74, 6) is 0.777. The van der Waals surface area contributed by atoms with Crippen LogP contribution in [0.15, 0.2) is 34.9 Å². The molecule has 96 valence electrons. The average molecular weight is 316 g/mol. The van der Waals surface area contributed by atoms with Gasteiger partial charge in [-0.05, 0) is 29.3 Å². The molecule has 0 unspecified atom stereocenters. The fourth-order valence-corrected chi connectivity index (χ4v) is 2.69. The highest BCUT2D eigenvalue weighted by Crippen LogP contribution is 2.27. The molecule has 4 heteroatoms. The number of halogens is 1. The predicted octanol–water partition coefficient (Wildman–Crippen LogP) is 4.26. The van der Waals surface area contributed by atoms with E-state index < -0.39 is 0 Å². The van der Waals surface area contributed by atoms with Gasteiger partial charge in [-0.2, -0.15) is 0 Å². The monoisotopic (exact) mass is 315 g/mol. The fraction of sp³-hybridized carbons (Fsp3) is 0.200. The van der Waals surface area contributed by atoms with E-state index in [2.05, 4.69) is 64.0 Å². The number of H-pyrrole nitrogens is 1. The van der Waals surface area contributed by atoms with Crippen LogP contribution < -0.4 is 0 Å². The van der Waals surface area contributed by atoms with Crippen LogP contribution in [0.3, 0.4) is 0 Å². The number of aromatic nitrogens is 3. The van der Waals surface area contributed by atoms with Gasteiger partial charge >= 0.3 is 0 Å². The highest BCUT2D eigenvalue weighted by molar-refractivity contribution is 9.10. The Balaban J connectivity index is 2.22. The standard InChI is InChI=1S/C15H14BrN3/c1-3-12-13-11(16)8-17-15(13)19-14(18-12)10-6-4-9(2)5-7-10/h4-8H,3H2,1-2H3,(H,17,18,19). The van der Waals surface area contributed by atoms with Gasteiger partial charge in [-0.15, -0.1) is 0 Å². The van der Waals surface area contributed by atoms with Crippen LogP contribution in [0.25, 0.3) is 22.4 Å². The Bertz CT molecular complexity index is 729. The van der Waals surface area contributed by atoms with Crippen LogP contribution in [0.1, 0.15) is 18.2 Å². The van der Waals surface area contributed by atoms with E-state index in [9.17, 15) is 0 Å². The first-order chi connectivity index (χ1) is 9.19. The Hall–Kier alpha value is -1.68. The van der Waals surface area contributed by atoms with Gasteiger partial charge in [-0.1, -0.05) is 36.8 Å². The van der Waals surface area contributed by atoms with E-state index in [4.69, 9.17) is 4.98 Å². The third-order valence-corrected chi connectivity index (χ3v) is 3.83. The van der Waals surface area contributed by atoms with Crippen LogP contribution >= 0.6 is 15.9 Å². The number of aromatic amines is 1. The summed E-state index contributed by atoms with van der Waals surface area (Å²) in [6, 6.07) is 8.29. The number of nitrogens with one attached hydrogen (secondary N) is 1. The van der Waals surface area contributed by atoms with E-state index in [1.54, 1.807) is 0 Å². The van der Waals surface area contributed by atoms with E-state index in [1.807, 2.05) is 6.20 Å². The average Bonchev–Trinajstić information content (AvgIpc) is 2.80. The van der Waals surface area contributed by atoms with Crippen molar-refractivity contribution in [1.29, 1.82) is 0 Å². The van der Waals surface area contributed by atoms with Crippen molar-refractivity contribution in [2.45, 2.75) is 20.3 Å². The second-order valence-corrected chi connectivity index (χ2v) is 5.43. The van der Waals surface area contributed by atoms with Crippen LogP contribution in [0.4, 0.5) is 0 Å². The molecule has 0 aliphatic heterocycles. The number of rotatable bonds is 2. The van der Waals surface area contributed by atoms with Crippen LogP contribution in [0.5, 0.6) is 0 Å². The number of nitrogens with zero attached hydrogens (tertiary/aromatic N) is 2. The second kappa shape index (κ2) is 4.78. The number of hydrogen-bond donors (Lipinski definition) is 1. The van der Waals surface area contributed by atoms with Gasteiger partial charge in [0.1, 0.15) is 5.65 Å². The van der Waals surface area contributed by atoms with Crippen molar-refractivity contribution < 1.29 is 0 Å². The lowest BCUT2D eigenvalue weighted by molar-refractivity contribution is 1.03. The zero-order valence-corrected chi connectivity index (χ0v) is 12.5. The van der Waals surface area contributed by atoms with Gasteiger partial charge in [0, 0.05) is 16.2 Å². The first-order valence-electron chi connectivity index (χ1n) is 6.29. The van der Waals surface area contributed by atoms with Crippen molar-refractivity contribution in [3.63, 3.8) is 0 Å². The van der Waals surface area contributed by atoms with E-state index >= 15 is 0 Å². The SMILES string of the molecule is CCc1nc(-c2ccc(C)cc2)nc2[nH]cc(Br)c12. The van der Waals surface area contributed by atoms with Crippen molar-refractivity contribution in [3.8, 4) is 11.4 Å². The summed E-state index contributed by atoms with van der Waals surface area (Å²) >= 11 is 3.54. The number of aryl methyl sites for hydroxylation is 2. The molecule has 0 saturated carbocycles. The van der Waals surface area contributed by atoms with Crippen molar-refractivity contribution >= 4 is 27.0 Å². The first-order valence-corrected chi connectivity index (χ1v) is 7.09. The van der Waals surface area contributed by atoms with Crippen LogP contribution in [-0.4, -0.2) is 15.0 Å². The van der Waals surface area contributed by atoms with Crippen molar-refractivity contribution in [3.05, 3.63) is 46.2 Å². The minimum Gasteiger partial charge on any atom is -0.345 e. The second-order valence-electron chi connectivity index (χ2n) is 4.57. The van der Waals surface area contributed by atoms with Crippen molar-refractivity contribution in [2.24, 2.45) is 0 Å². The lowest BCUT2D eigenvalue weighted by atomic mass is 10.1. The summed E-state index contributed by atoms with van der Waals surface area (Å²) in [5, 5.41) is 1.08. The molecule has 0 bridgehead atoms. The molecule has 0 aliphatic carbocycles. The lowest BCUT2D eigenvalue weighted by Crippen LogP contribution is -1.96. The summed E-state index contributed by atoms with van der Waals surface area (Å²) in [6.45, 7) is 4.19. The normalized spacial score (nSPS) is 11.1. The molecule has 0 atom stereocenters. The zero-order chi connectivity index (χ0) is 13.4. The Morgan fingerprint density at radius 3 is 2.58 bits per heavy atom. The number of hydrogen-bond acceptors (Lipinski definition) is 2. The third kappa shape index (κ3) is 2.16. The molecule has 1 aromatic carbocycles. The van der Waals surface area contributed by atoms with Gasteiger partial charge in [0.05, 0.1) is 11.1 Å². The summed E-state index contributed by atoms with van der Waals surface area (Å²) in [7, 11) is 0. The van der Waals surface area contributed by atoms with Gasteiger partial charge in [-0.25, -0.2) is 9.97 Å². The Morgan fingerprint density at radius 1 is 1.16 bits per heavy atom. The highest BCUT2D eigenvalue weighted by Gasteiger charge is 2.12. The smallest absolute Gasteiger partial charge is 0.161 e. The van der Waals surface area contributed by atoms with E-state index in [1.165, 1.54) is 5.56 Å². The van der Waals surface area contributed by atoms with Gasteiger partial charge in [-0.3, -0.25) is 0 Å². The minimum atomic E-state index is 0.777. The molecule has 1 N–H and O–H groups in total. The molecule has 3 aromatic rings.